The molecule has 4 nitrogen and oxygen atoms in total. The minimum atomic E-state index is -0.301. The van der Waals surface area contributed by atoms with Gasteiger partial charge >= 0.3 is 6.03 Å². The normalized spacial score (nSPS) is 25.7. The van der Waals surface area contributed by atoms with E-state index in [2.05, 4.69) is 6.92 Å². The molecule has 1 fully saturated rings. The molecule has 0 saturated carbocycles. The molecule has 0 bridgehead atoms. The van der Waals surface area contributed by atoms with Gasteiger partial charge in [-0.3, -0.25) is 0 Å². The smallest absolute Gasteiger partial charge is 0.315 e. The maximum Gasteiger partial charge on any atom is 0.315 e. The number of nitrogens with two attached hydrogens (primary N) is 2. The zero-order valence-corrected chi connectivity index (χ0v) is 8.20. The molecule has 1 rings (SSSR count). The number of primary amides is 1. The Bertz CT molecular complexity index is 184. The molecule has 1 saturated heterocycles. The fraction of sp³-hybridized carbons (Fsp3) is 0.889. The predicted octanol–water partition coefficient (Wildman–Crippen LogP) is 0.514. The summed E-state index contributed by atoms with van der Waals surface area (Å²) in [6, 6.07) is -0.0405. The third-order valence-electron chi connectivity index (χ3n) is 2.86. The van der Waals surface area contributed by atoms with Crippen LogP contribution in [-0.2, 0) is 0 Å². The Labute approximate surface area is 79.3 Å². The lowest BCUT2D eigenvalue weighted by atomic mass is 9.92. The van der Waals surface area contributed by atoms with Crippen LogP contribution < -0.4 is 11.5 Å². The highest BCUT2D eigenvalue weighted by atomic mass is 16.2. The lowest BCUT2D eigenvalue weighted by Gasteiger charge is -2.37. The summed E-state index contributed by atoms with van der Waals surface area (Å²) in [4.78, 5) is 12.9. The van der Waals surface area contributed by atoms with Gasteiger partial charge in [-0.15, -0.1) is 0 Å². The van der Waals surface area contributed by atoms with Crippen LogP contribution in [-0.4, -0.2) is 30.1 Å². The first-order valence-corrected chi connectivity index (χ1v) is 4.93. The molecule has 13 heavy (non-hydrogen) atoms. The molecule has 0 radical (unpaired) electrons. The fourth-order valence-electron chi connectivity index (χ4n) is 1.98. The summed E-state index contributed by atoms with van der Waals surface area (Å²) < 4.78 is 0. The zero-order valence-electron chi connectivity index (χ0n) is 8.20. The summed E-state index contributed by atoms with van der Waals surface area (Å²) in [5.41, 5.74) is 10.9. The molecule has 2 atom stereocenters. The van der Waals surface area contributed by atoms with E-state index in [4.69, 9.17) is 11.5 Å². The Balaban J connectivity index is 2.61. The van der Waals surface area contributed by atoms with E-state index in [0.29, 0.717) is 12.5 Å². The van der Waals surface area contributed by atoms with Crippen molar-refractivity contribution < 1.29 is 4.79 Å². The van der Waals surface area contributed by atoms with Gasteiger partial charge in [0, 0.05) is 12.6 Å². The van der Waals surface area contributed by atoms with Gasteiger partial charge in [-0.05, 0) is 31.7 Å². The average Bonchev–Trinajstić information content (AvgIpc) is 2.16. The number of carbonyl (C=O) groups is 1. The van der Waals surface area contributed by atoms with Crippen molar-refractivity contribution in [3.63, 3.8) is 0 Å². The fourth-order valence-corrected chi connectivity index (χ4v) is 1.98. The predicted molar refractivity (Wildman–Crippen MR) is 52.1 cm³/mol. The minimum Gasteiger partial charge on any atom is -0.351 e. The highest BCUT2D eigenvalue weighted by molar-refractivity contribution is 5.72. The van der Waals surface area contributed by atoms with Crippen LogP contribution in [0.4, 0.5) is 4.79 Å². The first-order chi connectivity index (χ1) is 6.16. The second-order valence-electron chi connectivity index (χ2n) is 3.81. The third-order valence-corrected chi connectivity index (χ3v) is 2.86. The van der Waals surface area contributed by atoms with Crippen LogP contribution in [0.1, 0.15) is 26.2 Å². The van der Waals surface area contributed by atoms with Crippen LogP contribution in [0.5, 0.6) is 0 Å². The molecule has 1 aliphatic rings. The summed E-state index contributed by atoms with van der Waals surface area (Å²) in [5, 5.41) is 0. The van der Waals surface area contributed by atoms with Crippen LogP contribution in [0.25, 0.3) is 0 Å². The number of rotatable bonds is 2. The number of hydrogen-bond donors (Lipinski definition) is 2. The summed E-state index contributed by atoms with van der Waals surface area (Å²) in [6.07, 6.45) is 3.29. The van der Waals surface area contributed by atoms with Crippen molar-refractivity contribution in [2.75, 3.05) is 13.1 Å². The molecule has 76 valence electrons. The molecule has 0 aromatic carbocycles. The molecular formula is C9H19N3O. The first kappa shape index (κ1) is 10.3. The molecule has 0 aromatic heterocycles. The number of urea groups is 1. The van der Waals surface area contributed by atoms with E-state index < -0.39 is 0 Å². The van der Waals surface area contributed by atoms with Crippen LogP contribution in [0.2, 0.25) is 0 Å². The monoisotopic (exact) mass is 185 g/mol. The number of nitrogens with zero attached hydrogens (tertiary/aromatic N) is 1. The maximum atomic E-state index is 11.1. The summed E-state index contributed by atoms with van der Waals surface area (Å²) in [6.45, 7) is 3.49. The van der Waals surface area contributed by atoms with E-state index >= 15 is 0 Å². The molecular weight excluding hydrogens is 166 g/mol. The SMILES string of the molecule is CC(CN)C1CCCCN1C(N)=O. The van der Waals surface area contributed by atoms with Gasteiger partial charge in [-0.2, -0.15) is 0 Å². The summed E-state index contributed by atoms with van der Waals surface area (Å²) in [5.74, 6) is 0.354. The van der Waals surface area contributed by atoms with Crippen molar-refractivity contribution in [3.05, 3.63) is 0 Å². The molecule has 0 aromatic rings. The van der Waals surface area contributed by atoms with Crippen LogP contribution >= 0.6 is 0 Å². The second kappa shape index (κ2) is 4.46. The van der Waals surface area contributed by atoms with Crippen molar-refractivity contribution in [2.24, 2.45) is 17.4 Å². The highest BCUT2D eigenvalue weighted by Crippen LogP contribution is 2.22. The van der Waals surface area contributed by atoms with E-state index in [0.717, 1.165) is 19.4 Å². The average molecular weight is 185 g/mol. The van der Waals surface area contributed by atoms with Gasteiger partial charge in [-0.25, -0.2) is 4.79 Å². The number of likely N-dealkylation sites (tertiary alicyclic amines) is 1. The van der Waals surface area contributed by atoms with E-state index in [1.54, 1.807) is 4.90 Å². The van der Waals surface area contributed by atoms with E-state index in [-0.39, 0.29) is 12.1 Å². The highest BCUT2D eigenvalue weighted by Gasteiger charge is 2.28. The van der Waals surface area contributed by atoms with Gasteiger partial charge < -0.3 is 16.4 Å². The molecule has 2 amide bonds. The minimum absolute atomic E-state index is 0.260. The standard InChI is InChI=1S/C9H19N3O/c1-7(6-10)8-4-2-3-5-12(8)9(11)13/h7-8H,2-6,10H2,1H3,(H2,11,13). The molecule has 1 aliphatic heterocycles. The Hall–Kier alpha value is -0.770. The number of piperidine rings is 1. The Morgan fingerprint density at radius 2 is 2.31 bits per heavy atom. The van der Waals surface area contributed by atoms with Crippen LogP contribution in [0.15, 0.2) is 0 Å². The quantitative estimate of drug-likeness (QED) is 0.658. The number of amides is 2. The second-order valence-corrected chi connectivity index (χ2v) is 3.81. The van der Waals surface area contributed by atoms with Gasteiger partial charge in [0.2, 0.25) is 0 Å². The van der Waals surface area contributed by atoms with Gasteiger partial charge in [0.25, 0.3) is 0 Å². The Morgan fingerprint density at radius 1 is 1.62 bits per heavy atom. The van der Waals surface area contributed by atoms with Gasteiger partial charge in [0.15, 0.2) is 0 Å². The van der Waals surface area contributed by atoms with E-state index in [1.807, 2.05) is 0 Å². The van der Waals surface area contributed by atoms with Crippen molar-refractivity contribution in [3.8, 4) is 0 Å². The summed E-state index contributed by atoms with van der Waals surface area (Å²) in [7, 11) is 0. The van der Waals surface area contributed by atoms with Crippen LogP contribution in [0, 0.1) is 5.92 Å². The molecule has 2 unspecified atom stereocenters. The maximum absolute atomic E-state index is 11.1. The van der Waals surface area contributed by atoms with Crippen molar-refractivity contribution in [1.29, 1.82) is 0 Å². The molecule has 1 heterocycles. The van der Waals surface area contributed by atoms with E-state index in [9.17, 15) is 4.79 Å². The number of hydrogen-bond acceptors (Lipinski definition) is 2. The lowest BCUT2D eigenvalue weighted by Crippen LogP contribution is -2.50. The lowest BCUT2D eigenvalue weighted by molar-refractivity contribution is 0.131. The van der Waals surface area contributed by atoms with Crippen molar-refractivity contribution in [1.82, 2.24) is 4.90 Å². The van der Waals surface area contributed by atoms with Crippen molar-refractivity contribution >= 4 is 6.03 Å². The van der Waals surface area contributed by atoms with E-state index in [1.165, 1.54) is 6.42 Å². The molecule has 4 N–H and O–H groups in total. The van der Waals surface area contributed by atoms with Gasteiger partial charge in [0.05, 0.1) is 0 Å². The number of carbonyl (C=O) groups excluding carboxylic acids is 1. The molecule has 0 aliphatic carbocycles. The Morgan fingerprint density at radius 3 is 2.85 bits per heavy atom. The molecule has 4 heteroatoms. The third kappa shape index (κ3) is 2.34. The van der Waals surface area contributed by atoms with Gasteiger partial charge in [-0.1, -0.05) is 6.92 Å². The zero-order chi connectivity index (χ0) is 9.84. The topological polar surface area (TPSA) is 72.3 Å². The largest absolute Gasteiger partial charge is 0.351 e. The van der Waals surface area contributed by atoms with Crippen LogP contribution in [0.3, 0.4) is 0 Å². The van der Waals surface area contributed by atoms with Gasteiger partial charge in [0.1, 0.15) is 0 Å². The molecule has 0 spiro atoms. The summed E-state index contributed by atoms with van der Waals surface area (Å²) >= 11 is 0. The van der Waals surface area contributed by atoms with Crippen molar-refractivity contribution in [2.45, 2.75) is 32.2 Å². The first-order valence-electron chi connectivity index (χ1n) is 4.93. The Kier molecular flexibility index (Phi) is 3.54.